The van der Waals surface area contributed by atoms with Crippen molar-refractivity contribution in [2.24, 2.45) is 0 Å². The lowest BCUT2D eigenvalue weighted by atomic mass is 10.2. The molecule has 0 aromatic carbocycles. The molecule has 1 aromatic rings. The maximum Gasteiger partial charge on any atom is 0.289 e. The molecule has 1 heterocycles. The predicted octanol–water partition coefficient (Wildman–Crippen LogP) is 1.85. The van der Waals surface area contributed by atoms with Crippen LogP contribution in [0.3, 0.4) is 0 Å². The lowest BCUT2D eigenvalue weighted by Crippen LogP contribution is -2.06. The topological polar surface area (TPSA) is 91.8 Å². The molecular formula is C10H10N4O2. The quantitative estimate of drug-likeness (QED) is 0.473. The van der Waals surface area contributed by atoms with Crippen molar-refractivity contribution >= 4 is 11.5 Å². The van der Waals surface area contributed by atoms with Crippen LogP contribution in [0.4, 0.5) is 11.5 Å². The van der Waals surface area contributed by atoms with Gasteiger partial charge >= 0.3 is 0 Å². The zero-order valence-corrected chi connectivity index (χ0v) is 8.73. The molecule has 0 atom stereocenters. The zero-order chi connectivity index (χ0) is 12.1. The van der Waals surface area contributed by atoms with Gasteiger partial charge in [-0.2, -0.15) is 5.26 Å². The fraction of sp³-hybridized carbons (Fsp3) is 0.200. The van der Waals surface area contributed by atoms with Gasteiger partial charge in [0.15, 0.2) is 0 Å². The molecule has 0 aliphatic rings. The van der Waals surface area contributed by atoms with E-state index in [0.29, 0.717) is 12.4 Å². The summed E-state index contributed by atoms with van der Waals surface area (Å²) in [6.45, 7) is 5.99. The van der Waals surface area contributed by atoms with Gasteiger partial charge in [-0.15, -0.1) is 0 Å². The minimum atomic E-state index is -0.587. The lowest BCUT2D eigenvalue weighted by Gasteiger charge is -2.05. The normalized spacial score (nSPS) is 9.25. The monoisotopic (exact) mass is 218 g/mol. The number of rotatable bonds is 4. The van der Waals surface area contributed by atoms with Gasteiger partial charge in [0.2, 0.25) is 0 Å². The predicted molar refractivity (Wildman–Crippen MR) is 58.9 cm³/mol. The van der Waals surface area contributed by atoms with Crippen LogP contribution in [-0.4, -0.2) is 16.5 Å². The standard InChI is InChI=1S/C10H10N4O2/c1-7(2)5-12-10-8(4-11)3-9(6-13-10)14(15)16/h3,6H,1,5H2,2H3,(H,12,13). The van der Waals surface area contributed by atoms with Gasteiger partial charge < -0.3 is 5.32 Å². The Labute approximate surface area is 92.4 Å². The maximum atomic E-state index is 10.5. The Morgan fingerprint density at radius 2 is 2.50 bits per heavy atom. The van der Waals surface area contributed by atoms with Crippen LogP contribution in [0.2, 0.25) is 0 Å². The van der Waals surface area contributed by atoms with Gasteiger partial charge in [0.05, 0.1) is 4.92 Å². The van der Waals surface area contributed by atoms with Gasteiger partial charge in [0.25, 0.3) is 5.69 Å². The third-order valence-corrected chi connectivity index (χ3v) is 1.76. The number of anilines is 1. The Morgan fingerprint density at radius 3 is 3.00 bits per heavy atom. The second-order valence-corrected chi connectivity index (χ2v) is 3.27. The van der Waals surface area contributed by atoms with Crippen molar-refractivity contribution in [1.29, 1.82) is 5.26 Å². The molecule has 6 heteroatoms. The molecular weight excluding hydrogens is 208 g/mol. The molecule has 6 nitrogen and oxygen atoms in total. The molecule has 0 bridgehead atoms. The zero-order valence-electron chi connectivity index (χ0n) is 8.73. The first-order valence-electron chi connectivity index (χ1n) is 4.47. The van der Waals surface area contributed by atoms with Crippen molar-refractivity contribution in [3.05, 3.63) is 40.1 Å². The number of nitriles is 1. The van der Waals surface area contributed by atoms with E-state index in [0.717, 1.165) is 11.8 Å². The fourth-order valence-electron chi connectivity index (χ4n) is 1.01. The third kappa shape index (κ3) is 2.78. The maximum absolute atomic E-state index is 10.5. The highest BCUT2D eigenvalue weighted by molar-refractivity contribution is 5.55. The summed E-state index contributed by atoms with van der Waals surface area (Å²) >= 11 is 0. The first-order valence-corrected chi connectivity index (χ1v) is 4.47. The first-order chi connectivity index (χ1) is 7.54. The van der Waals surface area contributed by atoms with Gasteiger partial charge in [-0.05, 0) is 6.92 Å². The lowest BCUT2D eigenvalue weighted by molar-refractivity contribution is -0.385. The molecule has 1 rings (SSSR count). The summed E-state index contributed by atoms with van der Waals surface area (Å²) in [5.41, 5.74) is 0.830. The fourth-order valence-corrected chi connectivity index (χ4v) is 1.01. The van der Waals surface area contributed by atoms with Gasteiger partial charge in [0.1, 0.15) is 23.6 Å². The average Bonchev–Trinajstić information content (AvgIpc) is 2.25. The van der Waals surface area contributed by atoms with E-state index in [1.807, 2.05) is 13.0 Å². The Bertz CT molecular complexity index is 476. The Hall–Kier alpha value is -2.42. The van der Waals surface area contributed by atoms with Crippen molar-refractivity contribution < 1.29 is 4.92 Å². The highest BCUT2D eigenvalue weighted by Gasteiger charge is 2.11. The molecule has 1 aromatic heterocycles. The van der Waals surface area contributed by atoms with Gasteiger partial charge in [-0.25, -0.2) is 4.98 Å². The van der Waals surface area contributed by atoms with Crippen LogP contribution in [0.1, 0.15) is 12.5 Å². The molecule has 1 N–H and O–H groups in total. The SMILES string of the molecule is C=C(C)CNc1ncc([N+](=O)[O-])cc1C#N. The highest BCUT2D eigenvalue weighted by Crippen LogP contribution is 2.18. The number of nitro groups is 1. The number of pyridine rings is 1. The summed E-state index contributed by atoms with van der Waals surface area (Å²) in [4.78, 5) is 13.7. The van der Waals surface area contributed by atoms with E-state index in [4.69, 9.17) is 5.26 Å². The minimum absolute atomic E-state index is 0.149. The molecule has 0 unspecified atom stereocenters. The second kappa shape index (κ2) is 4.89. The first kappa shape index (κ1) is 11.7. The Morgan fingerprint density at radius 1 is 1.81 bits per heavy atom. The third-order valence-electron chi connectivity index (χ3n) is 1.76. The summed E-state index contributed by atoms with van der Waals surface area (Å²) < 4.78 is 0. The molecule has 0 amide bonds. The van der Waals surface area contributed by atoms with Crippen LogP contribution in [-0.2, 0) is 0 Å². The summed E-state index contributed by atoms with van der Waals surface area (Å²) in [5, 5.41) is 22.2. The summed E-state index contributed by atoms with van der Waals surface area (Å²) in [6.07, 6.45) is 1.11. The Balaban J connectivity index is 2.99. The van der Waals surface area contributed by atoms with E-state index in [9.17, 15) is 10.1 Å². The van der Waals surface area contributed by atoms with E-state index >= 15 is 0 Å². The minimum Gasteiger partial charge on any atom is -0.365 e. The van der Waals surface area contributed by atoms with E-state index < -0.39 is 4.92 Å². The van der Waals surface area contributed by atoms with Crippen molar-refractivity contribution in [3.8, 4) is 6.07 Å². The van der Waals surface area contributed by atoms with Crippen LogP contribution in [0, 0.1) is 21.4 Å². The molecule has 16 heavy (non-hydrogen) atoms. The van der Waals surface area contributed by atoms with Crippen LogP contribution in [0.15, 0.2) is 24.4 Å². The van der Waals surface area contributed by atoms with Gasteiger partial charge in [-0.3, -0.25) is 10.1 Å². The number of aromatic nitrogens is 1. The summed E-state index contributed by atoms with van der Waals surface area (Å²) in [7, 11) is 0. The molecule has 0 saturated carbocycles. The Kier molecular flexibility index (Phi) is 3.56. The van der Waals surface area contributed by atoms with Crippen LogP contribution in [0.5, 0.6) is 0 Å². The summed E-state index contributed by atoms with van der Waals surface area (Å²) in [6, 6.07) is 3.04. The molecule has 0 spiro atoms. The highest BCUT2D eigenvalue weighted by atomic mass is 16.6. The number of nitrogens with zero attached hydrogens (tertiary/aromatic N) is 3. The second-order valence-electron chi connectivity index (χ2n) is 3.27. The molecule has 0 fully saturated rings. The molecule has 0 radical (unpaired) electrons. The van der Waals surface area contributed by atoms with Crippen LogP contribution in [0.25, 0.3) is 0 Å². The smallest absolute Gasteiger partial charge is 0.289 e. The van der Waals surface area contributed by atoms with Gasteiger partial charge in [-0.1, -0.05) is 12.2 Å². The van der Waals surface area contributed by atoms with E-state index in [-0.39, 0.29) is 11.3 Å². The molecule has 0 aliphatic heterocycles. The van der Waals surface area contributed by atoms with Crippen molar-refractivity contribution in [3.63, 3.8) is 0 Å². The van der Waals surface area contributed by atoms with Crippen LogP contribution < -0.4 is 5.32 Å². The number of nitrogens with one attached hydrogen (secondary N) is 1. The van der Waals surface area contributed by atoms with E-state index in [2.05, 4.69) is 16.9 Å². The number of hydrogen-bond acceptors (Lipinski definition) is 5. The van der Waals surface area contributed by atoms with Crippen molar-refractivity contribution in [2.75, 3.05) is 11.9 Å². The summed E-state index contributed by atoms with van der Waals surface area (Å²) in [5.74, 6) is 0.330. The largest absolute Gasteiger partial charge is 0.365 e. The van der Waals surface area contributed by atoms with E-state index in [1.165, 1.54) is 6.07 Å². The van der Waals surface area contributed by atoms with Gasteiger partial charge in [0, 0.05) is 12.6 Å². The van der Waals surface area contributed by atoms with E-state index in [1.54, 1.807) is 0 Å². The molecule has 0 aliphatic carbocycles. The van der Waals surface area contributed by atoms with Crippen molar-refractivity contribution in [1.82, 2.24) is 4.98 Å². The number of hydrogen-bond donors (Lipinski definition) is 1. The molecule has 82 valence electrons. The van der Waals surface area contributed by atoms with Crippen LogP contribution >= 0.6 is 0 Å². The van der Waals surface area contributed by atoms with Crippen molar-refractivity contribution in [2.45, 2.75) is 6.92 Å². The molecule has 0 saturated heterocycles. The average molecular weight is 218 g/mol.